The molecule has 0 amide bonds. The summed E-state index contributed by atoms with van der Waals surface area (Å²) in [6, 6.07) is 0. The van der Waals surface area contributed by atoms with Crippen LogP contribution < -0.4 is 0 Å². The Hall–Kier alpha value is -0.380. The van der Waals surface area contributed by atoms with E-state index in [2.05, 4.69) is 34.6 Å². The van der Waals surface area contributed by atoms with Crippen LogP contribution in [0.1, 0.15) is 92.4 Å². The summed E-state index contributed by atoms with van der Waals surface area (Å²) in [4.78, 5) is 0. The Labute approximate surface area is 184 Å². The zero-order chi connectivity index (χ0) is 21.8. The van der Waals surface area contributed by atoms with Crippen molar-refractivity contribution in [2.75, 3.05) is 0 Å². The molecule has 3 N–H and O–H groups in total. The molecular formula is C27H46O3. The van der Waals surface area contributed by atoms with Crippen LogP contribution in [0.25, 0.3) is 0 Å². The minimum absolute atomic E-state index is 0.0646. The largest absolute Gasteiger partial charge is 0.390 e. The quantitative estimate of drug-likeness (QED) is 0.529. The minimum Gasteiger partial charge on any atom is -0.390 e. The third kappa shape index (κ3) is 3.52. The van der Waals surface area contributed by atoms with E-state index in [0.717, 1.165) is 36.2 Å². The second kappa shape index (κ2) is 8.19. The van der Waals surface area contributed by atoms with E-state index in [4.69, 9.17) is 0 Å². The summed E-state index contributed by atoms with van der Waals surface area (Å²) in [5, 5.41) is 32.2. The molecule has 0 aliphatic heterocycles. The monoisotopic (exact) mass is 418 g/mol. The van der Waals surface area contributed by atoms with Crippen molar-refractivity contribution in [1.29, 1.82) is 0 Å². The third-order valence-electron chi connectivity index (χ3n) is 10.4. The van der Waals surface area contributed by atoms with Crippen molar-refractivity contribution in [1.82, 2.24) is 0 Å². The molecule has 10 atom stereocenters. The normalized spacial score (nSPS) is 49.2. The fourth-order valence-corrected chi connectivity index (χ4v) is 8.72. The van der Waals surface area contributed by atoms with Crippen molar-refractivity contribution >= 4 is 0 Å². The number of rotatable bonds is 5. The topological polar surface area (TPSA) is 60.7 Å². The first-order valence-corrected chi connectivity index (χ1v) is 12.9. The maximum Gasteiger partial charge on any atom is 0.101 e. The van der Waals surface area contributed by atoms with Gasteiger partial charge in [-0.3, -0.25) is 0 Å². The minimum atomic E-state index is -0.801. The molecule has 30 heavy (non-hydrogen) atoms. The first-order chi connectivity index (χ1) is 14.1. The maximum atomic E-state index is 11.3. The molecule has 0 aromatic carbocycles. The molecule has 4 aliphatic rings. The lowest BCUT2D eigenvalue weighted by Crippen LogP contribution is -2.57. The fourth-order valence-electron chi connectivity index (χ4n) is 8.72. The smallest absolute Gasteiger partial charge is 0.101 e. The van der Waals surface area contributed by atoms with Gasteiger partial charge in [-0.15, -0.1) is 0 Å². The van der Waals surface area contributed by atoms with E-state index in [-0.39, 0.29) is 5.41 Å². The Morgan fingerprint density at radius 2 is 1.67 bits per heavy atom. The van der Waals surface area contributed by atoms with Crippen LogP contribution >= 0.6 is 0 Å². The van der Waals surface area contributed by atoms with Gasteiger partial charge in [0.05, 0.1) is 12.2 Å². The molecule has 0 radical (unpaired) electrons. The van der Waals surface area contributed by atoms with Gasteiger partial charge >= 0.3 is 0 Å². The van der Waals surface area contributed by atoms with Gasteiger partial charge < -0.3 is 15.3 Å². The molecule has 172 valence electrons. The van der Waals surface area contributed by atoms with Crippen LogP contribution in [0.3, 0.4) is 0 Å². The molecule has 3 nitrogen and oxygen atoms in total. The van der Waals surface area contributed by atoms with Gasteiger partial charge in [-0.05, 0) is 90.4 Å². The molecular weight excluding hydrogens is 372 g/mol. The molecule has 3 unspecified atom stereocenters. The number of hydrogen-bond acceptors (Lipinski definition) is 3. The number of hydrogen-bond donors (Lipinski definition) is 3. The highest BCUT2D eigenvalue weighted by Crippen LogP contribution is 2.67. The van der Waals surface area contributed by atoms with E-state index < -0.39 is 18.3 Å². The Morgan fingerprint density at radius 3 is 2.37 bits per heavy atom. The van der Waals surface area contributed by atoms with Gasteiger partial charge in [-0.1, -0.05) is 60.0 Å². The van der Waals surface area contributed by atoms with Crippen LogP contribution in [0.2, 0.25) is 0 Å². The lowest BCUT2D eigenvalue weighted by Gasteiger charge is -2.60. The van der Waals surface area contributed by atoms with Gasteiger partial charge in [-0.25, -0.2) is 0 Å². The van der Waals surface area contributed by atoms with Crippen molar-refractivity contribution in [2.45, 2.75) is 111 Å². The van der Waals surface area contributed by atoms with Crippen LogP contribution in [0, 0.1) is 46.3 Å². The average molecular weight is 419 g/mol. The molecule has 0 spiro atoms. The SMILES string of the molecule is CC(C)CCC[C@@H](C)[C@H]1CCC2C3C(CC[C@@]21C)[C@@]1(C)CC[C@H](O)[C@H](O)C1=C[C@H]3O. The summed E-state index contributed by atoms with van der Waals surface area (Å²) in [6.07, 6.45) is 10.6. The molecule has 4 rings (SSSR count). The van der Waals surface area contributed by atoms with Gasteiger partial charge in [0.1, 0.15) is 6.10 Å². The molecule has 0 aromatic rings. The number of aliphatic hydroxyl groups is 3. The lowest BCUT2D eigenvalue weighted by molar-refractivity contribution is -0.112. The van der Waals surface area contributed by atoms with Crippen molar-refractivity contribution in [3.05, 3.63) is 11.6 Å². The summed E-state index contributed by atoms with van der Waals surface area (Å²) < 4.78 is 0. The second-order valence-electron chi connectivity index (χ2n) is 12.4. The third-order valence-corrected chi connectivity index (χ3v) is 10.4. The highest BCUT2D eigenvalue weighted by Gasteiger charge is 2.62. The Bertz CT molecular complexity index is 656. The zero-order valence-corrected chi connectivity index (χ0v) is 20.0. The van der Waals surface area contributed by atoms with Crippen molar-refractivity contribution in [3.63, 3.8) is 0 Å². The van der Waals surface area contributed by atoms with E-state index >= 15 is 0 Å². The number of aliphatic hydroxyl groups excluding tert-OH is 3. The van der Waals surface area contributed by atoms with E-state index in [9.17, 15) is 15.3 Å². The van der Waals surface area contributed by atoms with Crippen LogP contribution in [0.4, 0.5) is 0 Å². The van der Waals surface area contributed by atoms with Crippen molar-refractivity contribution in [3.8, 4) is 0 Å². The van der Waals surface area contributed by atoms with E-state index in [1.165, 1.54) is 38.5 Å². The van der Waals surface area contributed by atoms with Crippen LogP contribution in [-0.2, 0) is 0 Å². The van der Waals surface area contributed by atoms with Crippen molar-refractivity contribution in [2.24, 2.45) is 46.3 Å². The Balaban J connectivity index is 1.56. The molecule has 0 heterocycles. The Kier molecular flexibility index (Phi) is 6.23. The summed E-state index contributed by atoms with van der Waals surface area (Å²) in [7, 11) is 0. The predicted octanol–water partition coefficient (Wildman–Crippen LogP) is 5.33. The number of fused-ring (bicyclic) bond motifs is 5. The fraction of sp³-hybridized carbons (Fsp3) is 0.926. The maximum absolute atomic E-state index is 11.3. The molecule has 4 aliphatic carbocycles. The highest BCUT2D eigenvalue weighted by atomic mass is 16.3. The molecule has 3 heteroatoms. The zero-order valence-electron chi connectivity index (χ0n) is 20.0. The summed E-state index contributed by atoms with van der Waals surface area (Å²) in [6.45, 7) is 12.0. The van der Waals surface area contributed by atoms with Gasteiger partial charge in [0, 0.05) is 0 Å². The van der Waals surface area contributed by atoms with Gasteiger partial charge in [0.2, 0.25) is 0 Å². The predicted molar refractivity (Wildman–Crippen MR) is 122 cm³/mol. The van der Waals surface area contributed by atoms with E-state index in [0.29, 0.717) is 29.6 Å². The Morgan fingerprint density at radius 1 is 0.933 bits per heavy atom. The average Bonchev–Trinajstić information content (AvgIpc) is 3.03. The summed E-state index contributed by atoms with van der Waals surface area (Å²) >= 11 is 0. The van der Waals surface area contributed by atoms with E-state index in [1.54, 1.807) is 0 Å². The van der Waals surface area contributed by atoms with Gasteiger partial charge in [0.15, 0.2) is 0 Å². The van der Waals surface area contributed by atoms with Crippen LogP contribution in [-0.4, -0.2) is 33.6 Å². The first kappa shape index (κ1) is 22.8. The molecule has 3 saturated carbocycles. The molecule has 0 saturated heterocycles. The molecule has 3 fully saturated rings. The summed E-state index contributed by atoms with van der Waals surface area (Å²) in [5.74, 6) is 3.67. The van der Waals surface area contributed by atoms with Crippen LogP contribution in [0.15, 0.2) is 11.6 Å². The standard InChI is InChI=1S/C27H46O3/c1-16(2)7-6-8-17(3)18-9-10-19-24-20(11-13-26(18,19)4)27(5)14-12-22(28)25(30)21(27)15-23(24)29/h15-20,22-25,28-30H,6-14H2,1-5H3/t17-,18-,19?,20?,22+,23-,24?,25-,26-,27-/m1/s1. The highest BCUT2D eigenvalue weighted by molar-refractivity contribution is 5.31. The lowest BCUT2D eigenvalue weighted by atomic mass is 9.46. The first-order valence-electron chi connectivity index (χ1n) is 12.9. The van der Waals surface area contributed by atoms with Crippen LogP contribution in [0.5, 0.6) is 0 Å². The summed E-state index contributed by atoms with van der Waals surface area (Å²) in [5.41, 5.74) is 1.20. The second-order valence-corrected chi connectivity index (χ2v) is 12.4. The van der Waals surface area contributed by atoms with Gasteiger partial charge in [0.25, 0.3) is 0 Å². The van der Waals surface area contributed by atoms with Gasteiger partial charge in [-0.2, -0.15) is 0 Å². The van der Waals surface area contributed by atoms with E-state index in [1.807, 2.05) is 6.08 Å². The van der Waals surface area contributed by atoms with Crippen molar-refractivity contribution < 1.29 is 15.3 Å². The molecule has 0 aromatic heterocycles. The molecule has 0 bridgehead atoms.